The molecule has 20 heavy (non-hydrogen) atoms. The van der Waals surface area contributed by atoms with E-state index >= 15 is 0 Å². The van der Waals surface area contributed by atoms with Gasteiger partial charge in [-0.25, -0.2) is 0 Å². The van der Waals surface area contributed by atoms with Gasteiger partial charge >= 0.3 is 0 Å². The topological polar surface area (TPSA) is 40.5 Å². The maximum atomic E-state index is 11.9. The van der Waals surface area contributed by atoms with Crippen molar-refractivity contribution in [3.8, 4) is 0 Å². The van der Waals surface area contributed by atoms with Crippen molar-refractivity contribution in [1.82, 2.24) is 4.90 Å². The fraction of sp³-hybridized carbons (Fsp3) is 0.176. The third kappa shape index (κ3) is 4.63. The van der Waals surface area contributed by atoms with Crippen molar-refractivity contribution in [1.29, 1.82) is 0 Å². The molecule has 3 nitrogen and oxygen atoms in total. The van der Waals surface area contributed by atoms with Gasteiger partial charge in [0.1, 0.15) is 5.76 Å². The fourth-order valence-corrected chi connectivity index (χ4v) is 1.67. The lowest BCUT2D eigenvalue weighted by atomic mass is 10.2. The van der Waals surface area contributed by atoms with E-state index in [0.717, 1.165) is 5.57 Å². The van der Waals surface area contributed by atoms with E-state index in [1.165, 1.54) is 6.08 Å². The molecule has 1 rings (SSSR count). The number of aliphatic hydroxyl groups is 1. The summed E-state index contributed by atoms with van der Waals surface area (Å²) in [6.45, 7) is 9.65. The molecule has 1 aliphatic heterocycles. The molecule has 0 atom stereocenters. The molecule has 0 aromatic heterocycles. The first-order valence-corrected chi connectivity index (χ1v) is 6.32. The van der Waals surface area contributed by atoms with Gasteiger partial charge in [-0.2, -0.15) is 0 Å². The highest BCUT2D eigenvalue weighted by molar-refractivity contribution is 5.84. The average Bonchev–Trinajstić information content (AvgIpc) is 2.81. The van der Waals surface area contributed by atoms with Gasteiger partial charge in [-0.05, 0) is 42.9 Å². The highest BCUT2D eigenvalue weighted by Gasteiger charge is 2.25. The number of hydrogen-bond donors (Lipinski definition) is 1. The van der Waals surface area contributed by atoms with Gasteiger partial charge in [0.2, 0.25) is 5.91 Å². The van der Waals surface area contributed by atoms with Crippen LogP contribution >= 0.6 is 0 Å². The zero-order chi connectivity index (χ0) is 15.0. The summed E-state index contributed by atoms with van der Waals surface area (Å²) in [7, 11) is 0. The number of carbonyl (C=O) groups is 1. The van der Waals surface area contributed by atoms with E-state index in [1.54, 1.807) is 42.2 Å². The molecule has 0 aromatic carbocycles. The minimum Gasteiger partial charge on any atom is -0.508 e. The molecular formula is C17H19NO2. The smallest absolute Gasteiger partial charge is 0.231 e. The minimum atomic E-state index is 0.00645. The van der Waals surface area contributed by atoms with Crippen molar-refractivity contribution < 1.29 is 9.90 Å². The zero-order valence-electron chi connectivity index (χ0n) is 11.7. The van der Waals surface area contributed by atoms with Gasteiger partial charge in [-0.3, -0.25) is 4.79 Å². The molecule has 1 amide bonds. The van der Waals surface area contributed by atoms with E-state index in [1.807, 2.05) is 6.08 Å². The van der Waals surface area contributed by atoms with Crippen molar-refractivity contribution >= 4 is 5.91 Å². The van der Waals surface area contributed by atoms with Gasteiger partial charge in [0.25, 0.3) is 0 Å². The van der Waals surface area contributed by atoms with Crippen LogP contribution in [0, 0.1) is 0 Å². The van der Waals surface area contributed by atoms with Crippen LogP contribution in [-0.4, -0.2) is 22.5 Å². The van der Waals surface area contributed by atoms with Gasteiger partial charge in [0.15, 0.2) is 0 Å². The van der Waals surface area contributed by atoms with Gasteiger partial charge in [-0.1, -0.05) is 25.3 Å². The van der Waals surface area contributed by atoms with E-state index in [2.05, 4.69) is 18.9 Å². The molecule has 0 aromatic rings. The third-order valence-corrected chi connectivity index (χ3v) is 2.76. The van der Waals surface area contributed by atoms with E-state index in [-0.39, 0.29) is 11.7 Å². The van der Waals surface area contributed by atoms with Crippen molar-refractivity contribution in [3.63, 3.8) is 0 Å². The Morgan fingerprint density at radius 1 is 1.40 bits per heavy atom. The van der Waals surface area contributed by atoms with E-state index < -0.39 is 0 Å². The number of hydrogen-bond acceptors (Lipinski definition) is 2. The number of nitrogens with zero attached hydrogens (tertiary/aromatic N) is 1. The summed E-state index contributed by atoms with van der Waals surface area (Å²) in [5, 5.41) is 9.33. The van der Waals surface area contributed by atoms with Crippen LogP contribution in [-0.2, 0) is 4.79 Å². The quantitative estimate of drug-likeness (QED) is 0.471. The van der Waals surface area contributed by atoms with Crippen LogP contribution in [0.2, 0.25) is 0 Å². The maximum absolute atomic E-state index is 11.9. The van der Waals surface area contributed by atoms with Gasteiger partial charge in [0, 0.05) is 12.2 Å². The van der Waals surface area contributed by atoms with E-state index in [9.17, 15) is 9.90 Å². The molecule has 1 heterocycles. The number of amides is 1. The highest BCUT2D eigenvalue weighted by Crippen LogP contribution is 2.21. The van der Waals surface area contributed by atoms with Crippen molar-refractivity contribution in [2.45, 2.75) is 13.3 Å². The lowest BCUT2D eigenvalue weighted by Crippen LogP contribution is -2.22. The van der Waals surface area contributed by atoms with E-state index in [0.29, 0.717) is 18.7 Å². The van der Waals surface area contributed by atoms with Crippen molar-refractivity contribution in [2.75, 3.05) is 6.54 Å². The van der Waals surface area contributed by atoms with Crippen LogP contribution in [0.4, 0.5) is 0 Å². The van der Waals surface area contributed by atoms with Crippen LogP contribution in [0.1, 0.15) is 13.3 Å². The number of aliphatic hydroxyl groups excluding tert-OH is 1. The van der Waals surface area contributed by atoms with Crippen LogP contribution < -0.4 is 0 Å². The summed E-state index contributed by atoms with van der Waals surface area (Å²) < 4.78 is 0. The monoisotopic (exact) mass is 269 g/mol. The second-order valence-corrected chi connectivity index (χ2v) is 4.26. The molecule has 104 valence electrons. The summed E-state index contributed by atoms with van der Waals surface area (Å²) in [5.74, 6) is 0.151. The summed E-state index contributed by atoms with van der Waals surface area (Å²) in [6.07, 6.45) is 12.1. The summed E-state index contributed by atoms with van der Waals surface area (Å²) in [6, 6.07) is 0. The molecule has 0 spiro atoms. The first kappa shape index (κ1) is 15.5. The average molecular weight is 269 g/mol. The van der Waals surface area contributed by atoms with Crippen LogP contribution in [0.5, 0.6) is 0 Å². The van der Waals surface area contributed by atoms with Crippen LogP contribution in [0.25, 0.3) is 0 Å². The number of allylic oxidation sites excluding steroid dienone is 6. The lowest BCUT2D eigenvalue weighted by molar-refractivity contribution is -0.125. The number of rotatable bonds is 5. The normalized spacial score (nSPS) is 17.4. The molecule has 1 aliphatic rings. The Hall–Kier alpha value is -2.51. The lowest BCUT2D eigenvalue weighted by Gasteiger charge is -2.14. The second kappa shape index (κ2) is 7.82. The molecular weight excluding hydrogens is 250 g/mol. The molecule has 3 heteroatoms. The van der Waals surface area contributed by atoms with Crippen molar-refractivity contribution in [2.24, 2.45) is 0 Å². The zero-order valence-corrected chi connectivity index (χ0v) is 11.7. The molecule has 0 saturated carbocycles. The minimum absolute atomic E-state index is 0.00645. The summed E-state index contributed by atoms with van der Waals surface area (Å²) >= 11 is 0. The molecule has 0 bridgehead atoms. The Kier molecular flexibility index (Phi) is 6.08. The number of likely N-dealkylation sites (tertiary alicyclic amines) is 1. The Morgan fingerprint density at radius 2 is 2.15 bits per heavy atom. The van der Waals surface area contributed by atoms with Crippen LogP contribution in [0.3, 0.4) is 0 Å². The second-order valence-electron chi connectivity index (χ2n) is 4.26. The predicted octanol–water partition coefficient (Wildman–Crippen LogP) is 3.57. The van der Waals surface area contributed by atoms with Gasteiger partial charge < -0.3 is 10.0 Å². The largest absolute Gasteiger partial charge is 0.508 e. The Balaban J connectivity index is 2.73. The molecule has 1 saturated heterocycles. The SMILES string of the molecule is C=CC=C=C/C=C1/CC(=O)N(C(=C)/C=C\C(O)=C/C)C1. The molecule has 0 unspecified atom stereocenters. The number of carbonyl (C=O) groups excluding carboxylic acids is 1. The molecule has 0 aliphatic carbocycles. The Bertz CT molecular complexity index is 556. The Labute approximate surface area is 119 Å². The molecule has 0 radical (unpaired) electrons. The maximum Gasteiger partial charge on any atom is 0.231 e. The summed E-state index contributed by atoms with van der Waals surface area (Å²) in [4.78, 5) is 13.5. The summed E-state index contributed by atoms with van der Waals surface area (Å²) in [5.41, 5.74) is 4.49. The first-order valence-electron chi connectivity index (χ1n) is 6.32. The highest BCUT2D eigenvalue weighted by atomic mass is 16.3. The first-order chi connectivity index (χ1) is 9.58. The molecule has 1 N–H and O–H groups in total. The Morgan fingerprint density at radius 3 is 2.80 bits per heavy atom. The van der Waals surface area contributed by atoms with Gasteiger partial charge in [-0.15, -0.1) is 5.73 Å². The van der Waals surface area contributed by atoms with E-state index in [4.69, 9.17) is 0 Å². The van der Waals surface area contributed by atoms with Gasteiger partial charge in [0.05, 0.1) is 6.42 Å². The molecule has 1 fully saturated rings. The standard InChI is InChI=1S/C17H19NO2/c1-4-6-7-8-9-15-12-17(20)18(13-15)14(3)10-11-16(19)5-2/h4-6,8-11,19H,1,3,12-13H2,2H3/b11-10-,15-9-,16-5+. The fourth-order valence-electron chi connectivity index (χ4n) is 1.67. The van der Waals surface area contributed by atoms with Crippen LogP contribution in [0.15, 0.2) is 78.5 Å². The predicted molar refractivity (Wildman–Crippen MR) is 81.9 cm³/mol. The third-order valence-electron chi connectivity index (χ3n) is 2.76. The van der Waals surface area contributed by atoms with Crippen molar-refractivity contribution in [3.05, 3.63) is 78.5 Å².